The van der Waals surface area contributed by atoms with Crippen LogP contribution in [0, 0.1) is 0 Å². The second-order valence-electron chi connectivity index (χ2n) is 7.01. The predicted molar refractivity (Wildman–Crippen MR) is 103 cm³/mol. The molecule has 3 aromatic rings. The first-order valence-corrected chi connectivity index (χ1v) is 9.40. The van der Waals surface area contributed by atoms with Gasteiger partial charge in [0.2, 0.25) is 0 Å². The quantitative estimate of drug-likeness (QED) is 0.742. The monoisotopic (exact) mass is 377 g/mol. The summed E-state index contributed by atoms with van der Waals surface area (Å²) in [5, 5.41) is 7.57. The van der Waals surface area contributed by atoms with Crippen LogP contribution < -0.4 is 15.0 Å². The third-order valence-corrected chi connectivity index (χ3v) is 5.36. The Kier molecular flexibility index (Phi) is 4.00. The number of rotatable bonds is 2. The first kappa shape index (κ1) is 16.8. The van der Waals surface area contributed by atoms with Crippen LogP contribution in [0.5, 0.6) is 11.5 Å². The highest BCUT2D eigenvalue weighted by Gasteiger charge is 2.33. The first-order valence-electron chi connectivity index (χ1n) is 9.40. The average molecular weight is 377 g/mol. The van der Waals surface area contributed by atoms with E-state index in [1.807, 2.05) is 29.2 Å². The van der Waals surface area contributed by atoms with Gasteiger partial charge in [0.05, 0.1) is 11.4 Å². The lowest BCUT2D eigenvalue weighted by Gasteiger charge is -2.26. The van der Waals surface area contributed by atoms with Crippen molar-refractivity contribution < 1.29 is 14.3 Å². The maximum Gasteiger partial charge on any atom is 0.275 e. The fourth-order valence-electron chi connectivity index (χ4n) is 4.04. The van der Waals surface area contributed by atoms with Crippen LogP contribution >= 0.6 is 0 Å². The van der Waals surface area contributed by atoms with Crippen LogP contribution in [-0.4, -0.2) is 40.8 Å². The minimum Gasteiger partial charge on any atom is -0.486 e. The van der Waals surface area contributed by atoms with Crippen LogP contribution in [0.1, 0.15) is 34.9 Å². The van der Waals surface area contributed by atoms with E-state index in [0.29, 0.717) is 30.5 Å². The van der Waals surface area contributed by atoms with Crippen molar-refractivity contribution in [1.29, 1.82) is 0 Å². The highest BCUT2D eigenvalue weighted by molar-refractivity contribution is 6.05. The summed E-state index contributed by atoms with van der Waals surface area (Å²) in [6.45, 7) is 1.72. The van der Waals surface area contributed by atoms with Crippen LogP contribution in [0.25, 0.3) is 10.8 Å². The lowest BCUT2D eigenvalue weighted by Crippen LogP contribution is -2.32. The summed E-state index contributed by atoms with van der Waals surface area (Å²) < 4.78 is 11.3. The van der Waals surface area contributed by atoms with Gasteiger partial charge in [0.15, 0.2) is 17.2 Å². The minimum absolute atomic E-state index is 0.0594. The number of H-pyrrole nitrogens is 1. The van der Waals surface area contributed by atoms with Gasteiger partial charge in [-0.3, -0.25) is 9.59 Å². The molecular formula is C21H19N3O4. The number of hydrogen-bond donors (Lipinski definition) is 1. The van der Waals surface area contributed by atoms with Crippen molar-refractivity contribution in [3.63, 3.8) is 0 Å². The Morgan fingerprint density at radius 1 is 1.07 bits per heavy atom. The molecule has 1 aromatic heterocycles. The first-order chi connectivity index (χ1) is 13.7. The van der Waals surface area contributed by atoms with Gasteiger partial charge >= 0.3 is 0 Å². The van der Waals surface area contributed by atoms with Crippen molar-refractivity contribution in [2.75, 3.05) is 19.8 Å². The standard InChI is InChI=1S/C21H19N3O4/c25-20-15-5-2-1-4-14(15)19(22-23-20)21(26)24-9-3-6-16(24)13-7-8-17-18(12-13)28-11-10-27-17/h1-2,4-5,7-8,12,16H,3,6,9-11H2,(H,23,25)/t16-/m1/s1. The Hall–Kier alpha value is -3.35. The van der Waals surface area contributed by atoms with Gasteiger partial charge in [-0.2, -0.15) is 5.10 Å². The van der Waals surface area contributed by atoms with Crippen molar-refractivity contribution in [2.24, 2.45) is 0 Å². The highest BCUT2D eigenvalue weighted by Crippen LogP contribution is 2.38. The van der Waals surface area contributed by atoms with Gasteiger partial charge in [-0.25, -0.2) is 5.10 Å². The van der Waals surface area contributed by atoms with Gasteiger partial charge in [-0.05, 0) is 36.6 Å². The number of carbonyl (C=O) groups excluding carboxylic acids is 1. The van der Waals surface area contributed by atoms with Crippen molar-refractivity contribution in [3.05, 3.63) is 64.1 Å². The fraction of sp³-hybridized carbons (Fsp3) is 0.286. The van der Waals surface area contributed by atoms with E-state index < -0.39 is 0 Å². The van der Waals surface area contributed by atoms with Gasteiger partial charge in [0.25, 0.3) is 11.5 Å². The second-order valence-corrected chi connectivity index (χ2v) is 7.01. The number of aromatic amines is 1. The Morgan fingerprint density at radius 3 is 2.71 bits per heavy atom. The number of likely N-dealkylation sites (tertiary alicyclic amines) is 1. The van der Waals surface area contributed by atoms with Gasteiger partial charge in [0.1, 0.15) is 13.2 Å². The number of ether oxygens (including phenoxy) is 2. The molecule has 2 aromatic carbocycles. The maximum absolute atomic E-state index is 13.3. The zero-order chi connectivity index (χ0) is 19.1. The van der Waals surface area contributed by atoms with Crippen molar-refractivity contribution >= 4 is 16.7 Å². The molecule has 7 heteroatoms. The number of amides is 1. The maximum atomic E-state index is 13.3. The van der Waals surface area contributed by atoms with E-state index in [0.717, 1.165) is 29.9 Å². The average Bonchev–Trinajstić information content (AvgIpc) is 3.23. The molecule has 3 heterocycles. The predicted octanol–water partition coefficient (Wildman–Crippen LogP) is 2.67. The number of benzene rings is 2. The number of carbonyl (C=O) groups is 1. The Balaban J connectivity index is 1.52. The SMILES string of the molecule is O=C(c1n[nH]c(=O)c2ccccc12)N1CCC[C@@H]1c1ccc2c(c1)OCCO2. The molecule has 0 spiro atoms. The molecule has 5 rings (SSSR count). The molecule has 0 radical (unpaired) electrons. The molecule has 0 bridgehead atoms. The van der Waals surface area contributed by atoms with Crippen molar-refractivity contribution in [3.8, 4) is 11.5 Å². The molecule has 1 N–H and O–H groups in total. The molecule has 2 aliphatic heterocycles. The third kappa shape index (κ3) is 2.70. The summed E-state index contributed by atoms with van der Waals surface area (Å²) in [5.74, 6) is 1.28. The van der Waals surface area contributed by atoms with E-state index >= 15 is 0 Å². The molecule has 1 amide bonds. The molecule has 1 fully saturated rings. The zero-order valence-electron chi connectivity index (χ0n) is 15.2. The summed E-state index contributed by atoms with van der Waals surface area (Å²) in [6.07, 6.45) is 1.78. The Bertz CT molecular complexity index is 1120. The van der Waals surface area contributed by atoms with E-state index in [-0.39, 0.29) is 23.2 Å². The van der Waals surface area contributed by atoms with E-state index in [4.69, 9.17) is 9.47 Å². The molecule has 142 valence electrons. The van der Waals surface area contributed by atoms with E-state index in [1.165, 1.54) is 0 Å². The third-order valence-electron chi connectivity index (χ3n) is 5.36. The van der Waals surface area contributed by atoms with Gasteiger partial charge in [-0.1, -0.05) is 24.3 Å². The summed E-state index contributed by atoms with van der Waals surface area (Å²) in [7, 11) is 0. The van der Waals surface area contributed by atoms with Crippen LogP contribution in [0.4, 0.5) is 0 Å². The molecule has 2 aliphatic rings. The Labute approximate surface area is 160 Å². The van der Waals surface area contributed by atoms with Gasteiger partial charge in [0, 0.05) is 11.9 Å². The number of nitrogens with one attached hydrogen (secondary N) is 1. The zero-order valence-corrected chi connectivity index (χ0v) is 15.2. The molecule has 1 saturated heterocycles. The molecule has 0 unspecified atom stereocenters. The highest BCUT2D eigenvalue weighted by atomic mass is 16.6. The van der Waals surface area contributed by atoms with Crippen molar-refractivity contribution in [1.82, 2.24) is 15.1 Å². The van der Waals surface area contributed by atoms with Crippen LogP contribution in [0.2, 0.25) is 0 Å². The van der Waals surface area contributed by atoms with Crippen LogP contribution in [0.15, 0.2) is 47.3 Å². The summed E-state index contributed by atoms with van der Waals surface area (Å²) >= 11 is 0. The normalized spacial score (nSPS) is 18.4. The largest absolute Gasteiger partial charge is 0.486 e. The number of aromatic nitrogens is 2. The molecule has 0 aliphatic carbocycles. The van der Waals surface area contributed by atoms with E-state index in [9.17, 15) is 9.59 Å². The van der Waals surface area contributed by atoms with E-state index in [1.54, 1.807) is 18.2 Å². The molecular weight excluding hydrogens is 358 g/mol. The summed E-state index contributed by atoms with van der Waals surface area (Å²) in [4.78, 5) is 27.2. The van der Waals surface area contributed by atoms with E-state index in [2.05, 4.69) is 10.2 Å². The summed E-state index contributed by atoms with van der Waals surface area (Å²) in [5.41, 5.74) is 1.00. The molecule has 7 nitrogen and oxygen atoms in total. The topological polar surface area (TPSA) is 84.5 Å². The molecule has 0 saturated carbocycles. The lowest BCUT2D eigenvalue weighted by atomic mass is 10.0. The van der Waals surface area contributed by atoms with Gasteiger partial charge in [-0.15, -0.1) is 0 Å². The van der Waals surface area contributed by atoms with Crippen LogP contribution in [-0.2, 0) is 0 Å². The number of nitrogens with zero attached hydrogens (tertiary/aromatic N) is 2. The minimum atomic E-state index is -0.294. The fourth-order valence-corrected chi connectivity index (χ4v) is 4.04. The second kappa shape index (κ2) is 6.67. The number of fused-ring (bicyclic) bond motifs is 2. The van der Waals surface area contributed by atoms with Crippen LogP contribution in [0.3, 0.4) is 0 Å². The van der Waals surface area contributed by atoms with Gasteiger partial charge < -0.3 is 14.4 Å². The van der Waals surface area contributed by atoms with Crippen molar-refractivity contribution in [2.45, 2.75) is 18.9 Å². The molecule has 28 heavy (non-hydrogen) atoms. The smallest absolute Gasteiger partial charge is 0.275 e. The summed E-state index contributed by atoms with van der Waals surface area (Å²) in [6, 6.07) is 12.8. The Morgan fingerprint density at radius 2 is 1.86 bits per heavy atom. The number of hydrogen-bond acceptors (Lipinski definition) is 5. The lowest BCUT2D eigenvalue weighted by molar-refractivity contribution is 0.0730. The molecule has 1 atom stereocenters.